The van der Waals surface area contributed by atoms with Crippen LogP contribution in [0.25, 0.3) is 0 Å². The maximum atomic E-state index is 6.35. The van der Waals surface area contributed by atoms with E-state index < -0.39 is 0 Å². The molecule has 1 aromatic heterocycles. The van der Waals surface area contributed by atoms with Gasteiger partial charge in [0.05, 0.1) is 5.38 Å². The van der Waals surface area contributed by atoms with E-state index in [1.165, 1.54) is 15.3 Å². The highest BCUT2D eigenvalue weighted by molar-refractivity contribution is 7.11. The molecule has 1 atom stereocenters. The van der Waals surface area contributed by atoms with Gasteiger partial charge in [-0.15, -0.1) is 22.9 Å². The molecule has 0 saturated carbocycles. The normalized spacial score (nSPS) is 12.6. The molecule has 0 amide bonds. The van der Waals surface area contributed by atoms with Crippen molar-refractivity contribution in [2.75, 3.05) is 6.54 Å². The minimum absolute atomic E-state index is 0.0387. The van der Waals surface area contributed by atoms with Crippen LogP contribution in [0.1, 0.15) is 27.6 Å². The standard InChI is InChI=1S/C15H18ClNS/c1-2-13-8-9-14(18-13)10-17-11-15(16)12-6-4-3-5-7-12/h3-9,15,17H,2,10-11H2,1H3. The Kier molecular flexibility index (Phi) is 5.24. The van der Waals surface area contributed by atoms with Crippen molar-refractivity contribution in [3.8, 4) is 0 Å². The Bertz CT molecular complexity index is 466. The van der Waals surface area contributed by atoms with Gasteiger partial charge in [0.15, 0.2) is 0 Å². The summed E-state index contributed by atoms with van der Waals surface area (Å²) in [5.74, 6) is 0. The Morgan fingerprint density at radius 1 is 1.11 bits per heavy atom. The summed E-state index contributed by atoms with van der Waals surface area (Å²) in [5, 5.41) is 3.45. The molecular formula is C15H18ClNS. The topological polar surface area (TPSA) is 12.0 Å². The minimum atomic E-state index is 0.0387. The predicted octanol–water partition coefficient (Wildman–Crippen LogP) is 4.38. The van der Waals surface area contributed by atoms with Gasteiger partial charge in [-0.1, -0.05) is 37.3 Å². The zero-order chi connectivity index (χ0) is 12.8. The Balaban J connectivity index is 1.78. The highest BCUT2D eigenvalue weighted by atomic mass is 35.5. The van der Waals surface area contributed by atoms with Crippen LogP contribution in [0.15, 0.2) is 42.5 Å². The van der Waals surface area contributed by atoms with Crippen LogP contribution in [-0.4, -0.2) is 6.54 Å². The number of alkyl halides is 1. The van der Waals surface area contributed by atoms with Crippen LogP contribution in [0.5, 0.6) is 0 Å². The van der Waals surface area contributed by atoms with Crippen molar-refractivity contribution in [1.29, 1.82) is 0 Å². The van der Waals surface area contributed by atoms with E-state index in [9.17, 15) is 0 Å². The van der Waals surface area contributed by atoms with Crippen LogP contribution in [0.3, 0.4) is 0 Å². The SMILES string of the molecule is CCc1ccc(CNCC(Cl)c2ccccc2)s1. The lowest BCUT2D eigenvalue weighted by Crippen LogP contribution is -2.17. The number of aryl methyl sites for hydroxylation is 1. The lowest BCUT2D eigenvalue weighted by atomic mass is 10.1. The molecule has 2 rings (SSSR count). The molecule has 1 aromatic carbocycles. The first-order valence-electron chi connectivity index (χ1n) is 6.27. The van der Waals surface area contributed by atoms with E-state index in [2.05, 4.69) is 36.5 Å². The molecule has 0 spiro atoms. The summed E-state index contributed by atoms with van der Waals surface area (Å²) in [7, 11) is 0. The lowest BCUT2D eigenvalue weighted by Gasteiger charge is -2.10. The van der Waals surface area contributed by atoms with E-state index in [1.54, 1.807) is 0 Å². The van der Waals surface area contributed by atoms with Crippen molar-refractivity contribution in [2.24, 2.45) is 0 Å². The van der Waals surface area contributed by atoms with Gasteiger partial charge in [0.2, 0.25) is 0 Å². The highest BCUT2D eigenvalue weighted by Gasteiger charge is 2.06. The number of hydrogen-bond donors (Lipinski definition) is 1. The lowest BCUT2D eigenvalue weighted by molar-refractivity contribution is 0.681. The molecule has 0 aliphatic rings. The minimum Gasteiger partial charge on any atom is -0.310 e. The fourth-order valence-electron chi connectivity index (χ4n) is 1.81. The first-order valence-corrected chi connectivity index (χ1v) is 7.52. The summed E-state index contributed by atoms with van der Waals surface area (Å²) in [6.07, 6.45) is 1.12. The van der Waals surface area contributed by atoms with E-state index in [0.717, 1.165) is 19.5 Å². The van der Waals surface area contributed by atoms with Gasteiger partial charge in [-0.25, -0.2) is 0 Å². The number of nitrogens with one attached hydrogen (secondary N) is 1. The van der Waals surface area contributed by atoms with Gasteiger partial charge in [0.25, 0.3) is 0 Å². The molecule has 96 valence electrons. The van der Waals surface area contributed by atoms with Gasteiger partial charge in [0, 0.05) is 22.8 Å². The van der Waals surface area contributed by atoms with Crippen LogP contribution in [0.2, 0.25) is 0 Å². The molecule has 0 saturated heterocycles. The van der Waals surface area contributed by atoms with E-state index in [-0.39, 0.29) is 5.38 Å². The fraction of sp³-hybridized carbons (Fsp3) is 0.333. The van der Waals surface area contributed by atoms with E-state index in [4.69, 9.17) is 11.6 Å². The Hall–Kier alpha value is -0.830. The van der Waals surface area contributed by atoms with E-state index >= 15 is 0 Å². The third kappa shape index (κ3) is 3.84. The summed E-state index contributed by atoms with van der Waals surface area (Å²) in [5.41, 5.74) is 1.17. The number of benzene rings is 1. The van der Waals surface area contributed by atoms with Crippen LogP contribution in [0, 0.1) is 0 Å². The van der Waals surface area contributed by atoms with Crippen LogP contribution in [0.4, 0.5) is 0 Å². The number of thiophene rings is 1. The molecule has 3 heteroatoms. The van der Waals surface area contributed by atoms with Crippen molar-refractivity contribution >= 4 is 22.9 Å². The molecule has 1 nitrogen and oxygen atoms in total. The monoisotopic (exact) mass is 279 g/mol. The summed E-state index contributed by atoms with van der Waals surface area (Å²) < 4.78 is 0. The fourth-order valence-corrected chi connectivity index (χ4v) is 2.99. The third-order valence-corrected chi connectivity index (χ3v) is 4.49. The molecule has 1 N–H and O–H groups in total. The molecule has 2 aromatic rings. The Labute approximate surface area is 118 Å². The molecular weight excluding hydrogens is 262 g/mol. The van der Waals surface area contributed by atoms with E-state index in [0.29, 0.717) is 0 Å². The molecule has 0 fully saturated rings. The summed E-state index contributed by atoms with van der Waals surface area (Å²) >= 11 is 8.22. The molecule has 0 radical (unpaired) electrons. The average Bonchev–Trinajstić information content (AvgIpc) is 2.87. The molecule has 1 unspecified atom stereocenters. The van der Waals surface area contributed by atoms with Crippen LogP contribution >= 0.6 is 22.9 Å². The maximum Gasteiger partial charge on any atom is 0.0709 e. The molecule has 0 bridgehead atoms. The number of halogens is 1. The van der Waals surface area contributed by atoms with Crippen molar-refractivity contribution < 1.29 is 0 Å². The van der Waals surface area contributed by atoms with Gasteiger partial charge < -0.3 is 5.32 Å². The number of hydrogen-bond acceptors (Lipinski definition) is 2. The van der Waals surface area contributed by atoms with Crippen molar-refractivity contribution in [3.63, 3.8) is 0 Å². The third-order valence-electron chi connectivity index (χ3n) is 2.85. The number of rotatable bonds is 6. The highest BCUT2D eigenvalue weighted by Crippen LogP contribution is 2.20. The summed E-state index contributed by atoms with van der Waals surface area (Å²) in [4.78, 5) is 2.82. The smallest absolute Gasteiger partial charge is 0.0709 e. The second kappa shape index (κ2) is 6.93. The summed E-state index contributed by atoms with van der Waals surface area (Å²) in [6, 6.07) is 14.6. The van der Waals surface area contributed by atoms with Gasteiger partial charge >= 0.3 is 0 Å². The van der Waals surface area contributed by atoms with Gasteiger partial charge in [-0.05, 0) is 24.1 Å². The zero-order valence-electron chi connectivity index (χ0n) is 10.5. The summed E-state index contributed by atoms with van der Waals surface area (Å²) in [6.45, 7) is 3.89. The molecule has 1 heterocycles. The molecule has 0 aliphatic heterocycles. The molecule has 18 heavy (non-hydrogen) atoms. The van der Waals surface area contributed by atoms with Crippen molar-refractivity contribution in [3.05, 3.63) is 57.8 Å². The first-order chi connectivity index (χ1) is 8.79. The quantitative estimate of drug-likeness (QED) is 0.774. The second-order valence-electron chi connectivity index (χ2n) is 4.23. The van der Waals surface area contributed by atoms with Crippen molar-refractivity contribution in [1.82, 2.24) is 5.32 Å². The average molecular weight is 280 g/mol. The first kappa shape index (κ1) is 13.6. The Morgan fingerprint density at radius 2 is 1.83 bits per heavy atom. The largest absolute Gasteiger partial charge is 0.310 e. The zero-order valence-corrected chi connectivity index (χ0v) is 12.1. The van der Waals surface area contributed by atoms with Gasteiger partial charge in [-0.3, -0.25) is 0 Å². The van der Waals surface area contributed by atoms with Gasteiger partial charge in [0.1, 0.15) is 0 Å². The second-order valence-corrected chi connectivity index (χ2v) is 6.01. The van der Waals surface area contributed by atoms with Gasteiger partial charge in [-0.2, -0.15) is 0 Å². The maximum absolute atomic E-state index is 6.35. The van der Waals surface area contributed by atoms with E-state index in [1.807, 2.05) is 29.5 Å². The Morgan fingerprint density at radius 3 is 2.50 bits per heavy atom. The van der Waals surface area contributed by atoms with Crippen molar-refractivity contribution in [2.45, 2.75) is 25.3 Å². The molecule has 0 aliphatic carbocycles. The van der Waals surface area contributed by atoms with Crippen LogP contribution in [-0.2, 0) is 13.0 Å². The predicted molar refractivity (Wildman–Crippen MR) is 80.4 cm³/mol. The van der Waals surface area contributed by atoms with Crippen LogP contribution < -0.4 is 5.32 Å².